The first-order valence-corrected chi connectivity index (χ1v) is 9.60. The molecule has 130 valence electrons. The van der Waals surface area contributed by atoms with E-state index in [4.69, 9.17) is 4.74 Å². The van der Waals surface area contributed by atoms with Crippen LogP contribution in [0.25, 0.3) is 0 Å². The SMILES string of the molecule is Cc1nc(CN2C(=O)CC[C@@H]3[C@H]2CCN3C(=O)C2CCOC2)cs1. The van der Waals surface area contributed by atoms with Crippen molar-refractivity contribution in [2.24, 2.45) is 5.92 Å². The van der Waals surface area contributed by atoms with Gasteiger partial charge in [0.1, 0.15) is 0 Å². The quantitative estimate of drug-likeness (QED) is 0.831. The molecule has 2 amide bonds. The number of piperidine rings is 1. The second-order valence-electron chi connectivity index (χ2n) is 6.93. The number of likely N-dealkylation sites (tertiary alicyclic amines) is 2. The van der Waals surface area contributed by atoms with Crippen molar-refractivity contribution < 1.29 is 14.3 Å². The maximum Gasteiger partial charge on any atom is 0.228 e. The van der Waals surface area contributed by atoms with Gasteiger partial charge in [-0.05, 0) is 26.2 Å². The van der Waals surface area contributed by atoms with Crippen molar-refractivity contribution in [2.75, 3.05) is 19.8 Å². The molecule has 3 atom stereocenters. The third-order valence-electron chi connectivity index (χ3n) is 5.45. The fraction of sp³-hybridized carbons (Fsp3) is 0.706. The molecule has 0 aromatic carbocycles. The molecular weight excluding hydrogens is 326 g/mol. The van der Waals surface area contributed by atoms with Crippen molar-refractivity contribution in [3.63, 3.8) is 0 Å². The van der Waals surface area contributed by atoms with Crippen molar-refractivity contribution in [3.8, 4) is 0 Å². The zero-order valence-corrected chi connectivity index (χ0v) is 14.8. The maximum atomic E-state index is 12.8. The van der Waals surface area contributed by atoms with Crippen LogP contribution >= 0.6 is 11.3 Å². The number of aryl methyl sites for hydroxylation is 1. The smallest absolute Gasteiger partial charge is 0.228 e. The summed E-state index contributed by atoms with van der Waals surface area (Å²) in [6.45, 7) is 4.54. The van der Waals surface area contributed by atoms with Gasteiger partial charge in [0, 0.05) is 25.0 Å². The van der Waals surface area contributed by atoms with E-state index in [0.717, 1.165) is 36.5 Å². The zero-order chi connectivity index (χ0) is 16.7. The van der Waals surface area contributed by atoms with Gasteiger partial charge in [-0.2, -0.15) is 0 Å². The fourth-order valence-corrected chi connectivity index (χ4v) is 4.85. The van der Waals surface area contributed by atoms with E-state index in [-0.39, 0.29) is 29.8 Å². The Morgan fingerprint density at radius 3 is 2.96 bits per heavy atom. The van der Waals surface area contributed by atoms with E-state index < -0.39 is 0 Å². The Morgan fingerprint density at radius 2 is 2.25 bits per heavy atom. The van der Waals surface area contributed by atoms with Gasteiger partial charge in [-0.25, -0.2) is 4.98 Å². The van der Waals surface area contributed by atoms with Gasteiger partial charge in [-0.15, -0.1) is 11.3 Å². The number of carbonyl (C=O) groups excluding carboxylic acids is 2. The molecular formula is C17H23N3O3S. The van der Waals surface area contributed by atoms with Crippen LogP contribution < -0.4 is 0 Å². The number of ether oxygens (including phenoxy) is 1. The molecule has 4 rings (SSSR count). The highest BCUT2D eigenvalue weighted by Crippen LogP contribution is 2.34. The summed E-state index contributed by atoms with van der Waals surface area (Å²) in [4.78, 5) is 33.7. The molecule has 0 saturated carbocycles. The van der Waals surface area contributed by atoms with Gasteiger partial charge in [0.25, 0.3) is 0 Å². The number of hydrogen-bond donors (Lipinski definition) is 0. The van der Waals surface area contributed by atoms with Crippen molar-refractivity contribution in [2.45, 2.75) is 51.2 Å². The molecule has 1 unspecified atom stereocenters. The molecule has 1 aromatic rings. The van der Waals surface area contributed by atoms with Crippen LogP contribution in [0, 0.1) is 12.8 Å². The van der Waals surface area contributed by atoms with E-state index in [1.54, 1.807) is 11.3 Å². The summed E-state index contributed by atoms with van der Waals surface area (Å²) in [5.41, 5.74) is 0.959. The molecule has 6 nitrogen and oxygen atoms in total. The summed E-state index contributed by atoms with van der Waals surface area (Å²) in [5.74, 6) is 0.426. The lowest BCUT2D eigenvalue weighted by Gasteiger charge is -2.40. The first-order chi connectivity index (χ1) is 11.6. The van der Waals surface area contributed by atoms with E-state index in [0.29, 0.717) is 26.2 Å². The van der Waals surface area contributed by atoms with Crippen LogP contribution in [0.3, 0.4) is 0 Å². The van der Waals surface area contributed by atoms with Crippen molar-refractivity contribution in [1.29, 1.82) is 0 Å². The summed E-state index contributed by atoms with van der Waals surface area (Å²) in [5, 5.41) is 3.05. The number of fused-ring (bicyclic) bond motifs is 1. The second-order valence-corrected chi connectivity index (χ2v) is 8.00. The Labute approximate surface area is 145 Å². The van der Waals surface area contributed by atoms with Crippen LogP contribution in [0.1, 0.15) is 36.4 Å². The monoisotopic (exact) mass is 349 g/mol. The predicted molar refractivity (Wildman–Crippen MR) is 89.5 cm³/mol. The molecule has 0 bridgehead atoms. The highest BCUT2D eigenvalue weighted by Gasteiger charge is 2.46. The van der Waals surface area contributed by atoms with Crippen molar-refractivity contribution in [1.82, 2.24) is 14.8 Å². The van der Waals surface area contributed by atoms with Crippen LogP contribution in [-0.2, 0) is 20.9 Å². The van der Waals surface area contributed by atoms with Gasteiger partial charge >= 0.3 is 0 Å². The highest BCUT2D eigenvalue weighted by atomic mass is 32.1. The zero-order valence-electron chi connectivity index (χ0n) is 13.9. The second kappa shape index (κ2) is 6.44. The average Bonchev–Trinajstić information content (AvgIpc) is 3.30. The lowest BCUT2D eigenvalue weighted by molar-refractivity contribution is -0.144. The summed E-state index contributed by atoms with van der Waals surface area (Å²) in [7, 11) is 0. The number of rotatable bonds is 3. The summed E-state index contributed by atoms with van der Waals surface area (Å²) in [6, 6.07) is 0.301. The minimum atomic E-state index is 0.0102. The van der Waals surface area contributed by atoms with Gasteiger partial charge in [-0.3, -0.25) is 9.59 Å². The molecule has 3 aliphatic heterocycles. The standard InChI is InChI=1S/C17H23N3O3S/c1-11-18-13(10-24-11)8-20-15-4-6-19(14(15)2-3-16(20)21)17(22)12-5-7-23-9-12/h10,12,14-15H,2-9H2,1H3/t12?,14-,15-/m1/s1. The Hall–Kier alpha value is -1.47. The average molecular weight is 349 g/mol. The summed E-state index contributed by atoms with van der Waals surface area (Å²) < 4.78 is 5.37. The van der Waals surface area contributed by atoms with Crippen LogP contribution in [0.5, 0.6) is 0 Å². The van der Waals surface area contributed by atoms with Crippen LogP contribution in [0.15, 0.2) is 5.38 Å². The third-order valence-corrected chi connectivity index (χ3v) is 6.27. The Balaban J connectivity index is 1.49. The van der Waals surface area contributed by atoms with Crippen molar-refractivity contribution in [3.05, 3.63) is 16.1 Å². The number of aromatic nitrogens is 1. The Kier molecular flexibility index (Phi) is 4.30. The summed E-state index contributed by atoms with van der Waals surface area (Å²) >= 11 is 1.61. The van der Waals surface area contributed by atoms with E-state index in [9.17, 15) is 9.59 Å². The van der Waals surface area contributed by atoms with Gasteiger partial charge in [0.2, 0.25) is 11.8 Å². The molecule has 0 radical (unpaired) electrons. The van der Waals surface area contributed by atoms with Gasteiger partial charge in [0.15, 0.2) is 0 Å². The fourth-order valence-electron chi connectivity index (χ4n) is 4.25. The lowest BCUT2D eigenvalue weighted by Crippen LogP contribution is -2.53. The highest BCUT2D eigenvalue weighted by molar-refractivity contribution is 7.09. The number of carbonyl (C=O) groups is 2. The molecule has 1 aromatic heterocycles. The summed E-state index contributed by atoms with van der Waals surface area (Å²) in [6.07, 6.45) is 3.01. The number of nitrogens with zero attached hydrogens (tertiary/aromatic N) is 3. The normalized spacial score (nSPS) is 30.0. The maximum absolute atomic E-state index is 12.8. The minimum absolute atomic E-state index is 0.0102. The first-order valence-electron chi connectivity index (χ1n) is 8.72. The van der Waals surface area contributed by atoms with Crippen molar-refractivity contribution >= 4 is 23.2 Å². The topological polar surface area (TPSA) is 62.7 Å². The largest absolute Gasteiger partial charge is 0.381 e. The van der Waals surface area contributed by atoms with E-state index in [1.165, 1.54) is 0 Å². The minimum Gasteiger partial charge on any atom is -0.381 e. The van der Waals surface area contributed by atoms with E-state index in [2.05, 4.69) is 4.98 Å². The van der Waals surface area contributed by atoms with Crippen LogP contribution in [0.4, 0.5) is 0 Å². The lowest BCUT2D eigenvalue weighted by atomic mass is 9.95. The molecule has 4 heterocycles. The van der Waals surface area contributed by atoms with E-state index in [1.807, 2.05) is 22.1 Å². The van der Waals surface area contributed by atoms with E-state index >= 15 is 0 Å². The van der Waals surface area contributed by atoms with Crippen LogP contribution in [0.2, 0.25) is 0 Å². The molecule has 0 N–H and O–H groups in total. The predicted octanol–water partition coefficient (Wildman–Crippen LogP) is 1.58. The van der Waals surface area contributed by atoms with Gasteiger partial charge in [0.05, 0.1) is 41.9 Å². The number of amides is 2. The first kappa shape index (κ1) is 16.0. The molecule has 3 saturated heterocycles. The molecule has 7 heteroatoms. The van der Waals surface area contributed by atoms with Crippen LogP contribution in [-0.4, -0.2) is 58.4 Å². The third kappa shape index (κ3) is 2.84. The Bertz CT molecular complexity index is 641. The molecule has 3 fully saturated rings. The van der Waals surface area contributed by atoms with Gasteiger partial charge < -0.3 is 14.5 Å². The Morgan fingerprint density at radius 1 is 1.38 bits per heavy atom. The molecule has 24 heavy (non-hydrogen) atoms. The van der Waals surface area contributed by atoms with Gasteiger partial charge in [-0.1, -0.05) is 0 Å². The number of thiazole rings is 1. The molecule has 3 aliphatic rings. The number of hydrogen-bond acceptors (Lipinski definition) is 5. The molecule has 0 aliphatic carbocycles. The molecule has 0 spiro atoms.